The minimum absolute atomic E-state index is 0.283. The number of ether oxygens (including phenoxy) is 2. The first-order valence-electron chi connectivity index (χ1n) is 6.84. The van der Waals surface area contributed by atoms with E-state index in [-0.39, 0.29) is 6.61 Å². The summed E-state index contributed by atoms with van der Waals surface area (Å²) in [7, 11) is 0. The highest BCUT2D eigenvalue weighted by Gasteiger charge is 2.24. The van der Waals surface area contributed by atoms with Gasteiger partial charge < -0.3 is 13.9 Å². The third-order valence-electron chi connectivity index (χ3n) is 2.78. The lowest BCUT2D eigenvalue weighted by atomic mass is 10.2. The molecule has 21 heavy (non-hydrogen) atoms. The minimum Gasteiger partial charge on any atom is -0.462 e. The largest absolute Gasteiger partial charge is 0.462 e. The Morgan fingerprint density at radius 3 is 2.52 bits per heavy atom. The molecule has 0 aliphatic heterocycles. The molecular weight excluding hydrogens is 270 g/mol. The molecule has 0 aliphatic rings. The molecule has 0 amide bonds. The molecular formula is C16H19NO4. The third-order valence-corrected chi connectivity index (χ3v) is 2.78. The van der Waals surface area contributed by atoms with Crippen molar-refractivity contribution >= 4 is 17.5 Å². The van der Waals surface area contributed by atoms with Gasteiger partial charge in [-0.05, 0) is 45.9 Å². The molecule has 0 spiro atoms. The summed E-state index contributed by atoms with van der Waals surface area (Å²) in [5.41, 5.74) is 0.693. The molecule has 0 saturated carbocycles. The van der Waals surface area contributed by atoms with Gasteiger partial charge in [-0.3, -0.25) is 0 Å². The molecule has 2 rings (SSSR count). The van der Waals surface area contributed by atoms with Gasteiger partial charge in [0.25, 0.3) is 0 Å². The summed E-state index contributed by atoms with van der Waals surface area (Å²) in [6.07, 6.45) is 1.72. The van der Waals surface area contributed by atoms with Crippen LogP contribution >= 0.6 is 0 Å². The van der Waals surface area contributed by atoms with Crippen LogP contribution in [0.1, 0.15) is 48.5 Å². The number of esters is 2. The maximum absolute atomic E-state index is 12.3. The van der Waals surface area contributed by atoms with Gasteiger partial charge in [-0.25, -0.2) is 9.59 Å². The topological polar surface area (TPSA) is 57.0 Å². The van der Waals surface area contributed by atoms with E-state index in [1.54, 1.807) is 56.5 Å². The number of hydrogen-bond donors (Lipinski definition) is 0. The number of nitrogens with zero attached hydrogens (tertiary/aromatic N) is 1. The van der Waals surface area contributed by atoms with Gasteiger partial charge in [0.05, 0.1) is 17.7 Å². The first-order chi connectivity index (χ1) is 9.83. The molecule has 0 aromatic carbocycles. The van der Waals surface area contributed by atoms with Crippen molar-refractivity contribution in [1.29, 1.82) is 0 Å². The molecule has 0 radical (unpaired) electrons. The van der Waals surface area contributed by atoms with Crippen molar-refractivity contribution in [2.45, 2.75) is 33.3 Å². The number of fused-ring (bicyclic) bond motifs is 1. The Bertz CT molecular complexity index is 679. The van der Waals surface area contributed by atoms with Crippen LogP contribution in [0.15, 0.2) is 30.5 Å². The first-order valence-corrected chi connectivity index (χ1v) is 6.84. The molecule has 0 atom stereocenters. The lowest BCUT2D eigenvalue weighted by Gasteiger charge is -2.19. The number of hydrogen-bond acceptors (Lipinski definition) is 4. The molecule has 2 aromatic rings. The molecule has 112 valence electrons. The van der Waals surface area contributed by atoms with Crippen molar-refractivity contribution in [1.82, 2.24) is 4.40 Å². The standard InChI is InChI=1S/C16H19NO4/c1-5-20-14(18)11-10-13(15(19)21-16(2,3)4)17-9-7-6-8-12(11)17/h6-10H,5H2,1-4H3. The van der Waals surface area contributed by atoms with Crippen molar-refractivity contribution in [3.05, 3.63) is 41.7 Å². The fraction of sp³-hybridized carbons (Fsp3) is 0.375. The predicted octanol–water partition coefficient (Wildman–Crippen LogP) is 3.07. The highest BCUT2D eigenvalue weighted by Crippen LogP contribution is 2.20. The lowest BCUT2D eigenvalue weighted by molar-refractivity contribution is 0.00618. The molecule has 0 aliphatic carbocycles. The van der Waals surface area contributed by atoms with Crippen molar-refractivity contribution in [3.8, 4) is 0 Å². The van der Waals surface area contributed by atoms with Crippen LogP contribution in [0.3, 0.4) is 0 Å². The fourth-order valence-electron chi connectivity index (χ4n) is 2.01. The number of carbonyl (C=O) groups is 2. The summed E-state index contributed by atoms with van der Waals surface area (Å²) >= 11 is 0. The molecule has 0 fully saturated rings. The van der Waals surface area contributed by atoms with Crippen LogP contribution in [0.5, 0.6) is 0 Å². The number of pyridine rings is 1. The Kier molecular flexibility index (Phi) is 4.02. The number of rotatable bonds is 3. The average molecular weight is 289 g/mol. The number of aromatic nitrogens is 1. The Morgan fingerprint density at radius 1 is 1.19 bits per heavy atom. The van der Waals surface area contributed by atoms with Crippen molar-refractivity contribution in [3.63, 3.8) is 0 Å². The summed E-state index contributed by atoms with van der Waals surface area (Å²) in [5.74, 6) is -0.921. The molecule has 2 heterocycles. The van der Waals surface area contributed by atoms with Gasteiger partial charge >= 0.3 is 11.9 Å². The zero-order chi connectivity index (χ0) is 15.6. The van der Waals surface area contributed by atoms with Gasteiger partial charge in [0.1, 0.15) is 11.3 Å². The third kappa shape index (κ3) is 3.24. The van der Waals surface area contributed by atoms with Crippen LogP contribution in [-0.4, -0.2) is 28.5 Å². The van der Waals surface area contributed by atoms with E-state index in [4.69, 9.17) is 9.47 Å². The maximum Gasteiger partial charge on any atom is 0.355 e. The summed E-state index contributed by atoms with van der Waals surface area (Å²) < 4.78 is 12.0. The van der Waals surface area contributed by atoms with Crippen LogP contribution in [0, 0.1) is 0 Å². The van der Waals surface area contributed by atoms with Crippen LogP contribution in [0.25, 0.3) is 5.52 Å². The van der Waals surface area contributed by atoms with Gasteiger partial charge in [-0.1, -0.05) is 6.07 Å². The zero-order valence-corrected chi connectivity index (χ0v) is 12.7. The molecule has 0 N–H and O–H groups in total. The van der Waals surface area contributed by atoms with E-state index in [1.165, 1.54) is 6.07 Å². The summed E-state index contributed by atoms with van der Waals surface area (Å²) in [5, 5.41) is 0. The molecule has 0 bridgehead atoms. The van der Waals surface area contributed by atoms with Gasteiger partial charge in [0.2, 0.25) is 0 Å². The summed E-state index contributed by atoms with van der Waals surface area (Å²) in [6.45, 7) is 7.42. The van der Waals surface area contributed by atoms with E-state index in [9.17, 15) is 9.59 Å². The van der Waals surface area contributed by atoms with Crippen LogP contribution in [0.4, 0.5) is 0 Å². The Labute approximate surface area is 123 Å². The first kappa shape index (κ1) is 15.1. The van der Waals surface area contributed by atoms with E-state index < -0.39 is 17.5 Å². The van der Waals surface area contributed by atoms with Crippen LogP contribution < -0.4 is 0 Å². The highest BCUT2D eigenvalue weighted by molar-refractivity contribution is 6.01. The molecule has 0 unspecified atom stereocenters. The molecule has 5 nitrogen and oxygen atoms in total. The van der Waals surface area contributed by atoms with E-state index >= 15 is 0 Å². The quantitative estimate of drug-likeness (QED) is 0.815. The second-order valence-corrected chi connectivity index (χ2v) is 5.62. The predicted molar refractivity (Wildman–Crippen MR) is 78.5 cm³/mol. The lowest BCUT2D eigenvalue weighted by Crippen LogP contribution is -2.24. The number of carbonyl (C=O) groups excluding carboxylic acids is 2. The maximum atomic E-state index is 12.3. The summed E-state index contributed by atoms with van der Waals surface area (Å²) in [6, 6.07) is 6.87. The van der Waals surface area contributed by atoms with Crippen molar-refractivity contribution < 1.29 is 19.1 Å². The zero-order valence-electron chi connectivity index (χ0n) is 12.7. The fourth-order valence-corrected chi connectivity index (χ4v) is 2.01. The monoisotopic (exact) mass is 289 g/mol. The van der Waals surface area contributed by atoms with E-state index in [1.807, 2.05) is 0 Å². The summed E-state index contributed by atoms with van der Waals surface area (Å²) in [4.78, 5) is 24.3. The highest BCUT2D eigenvalue weighted by atomic mass is 16.6. The van der Waals surface area contributed by atoms with Crippen molar-refractivity contribution in [2.75, 3.05) is 6.61 Å². The van der Waals surface area contributed by atoms with Gasteiger partial charge in [-0.15, -0.1) is 0 Å². The Balaban J connectivity index is 2.50. The smallest absolute Gasteiger partial charge is 0.355 e. The second kappa shape index (κ2) is 5.60. The van der Waals surface area contributed by atoms with Gasteiger partial charge in [0.15, 0.2) is 0 Å². The van der Waals surface area contributed by atoms with E-state index in [0.29, 0.717) is 16.8 Å². The SMILES string of the molecule is CCOC(=O)c1cc(C(=O)OC(C)(C)C)n2ccccc12. The second-order valence-electron chi connectivity index (χ2n) is 5.62. The van der Waals surface area contributed by atoms with Gasteiger partial charge in [-0.2, -0.15) is 0 Å². The normalized spacial score (nSPS) is 11.4. The minimum atomic E-state index is -0.597. The van der Waals surface area contributed by atoms with Gasteiger partial charge in [0, 0.05) is 6.20 Å². The Morgan fingerprint density at radius 2 is 1.90 bits per heavy atom. The molecule has 0 saturated heterocycles. The van der Waals surface area contributed by atoms with Crippen LogP contribution in [0.2, 0.25) is 0 Å². The molecule has 5 heteroatoms. The van der Waals surface area contributed by atoms with Crippen molar-refractivity contribution in [2.24, 2.45) is 0 Å². The van der Waals surface area contributed by atoms with E-state index in [2.05, 4.69) is 0 Å². The van der Waals surface area contributed by atoms with Crippen LogP contribution in [-0.2, 0) is 9.47 Å². The Hall–Kier alpha value is -2.30. The molecule has 2 aromatic heterocycles. The van der Waals surface area contributed by atoms with E-state index in [0.717, 1.165) is 0 Å². The average Bonchev–Trinajstić information content (AvgIpc) is 2.76.